The minimum Gasteiger partial charge on any atom is -0.464 e. The standard InChI is InChI=1S/C14H15ClF2N4O2/c1-8(22-14(20-18)13(16)17)12-6-11(21-23-12)7-19-10-4-2-3-9(15)5-10/h2-6,8,13,19H,7,18H2,1H3/b20-14-. The summed E-state index contributed by atoms with van der Waals surface area (Å²) in [5, 5.41) is 10.5. The molecule has 0 aliphatic heterocycles. The van der Waals surface area contributed by atoms with Gasteiger partial charge in [0.05, 0.1) is 6.54 Å². The summed E-state index contributed by atoms with van der Waals surface area (Å²) in [4.78, 5) is 0. The highest BCUT2D eigenvalue weighted by molar-refractivity contribution is 6.30. The van der Waals surface area contributed by atoms with Gasteiger partial charge in [-0.1, -0.05) is 22.8 Å². The number of nitrogens with zero attached hydrogens (tertiary/aromatic N) is 2. The highest BCUT2D eigenvalue weighted by Gasteiger charge is 2.21. The van der Waals surface area contributed by atoms with Crippen LogP contribution >= 0.6 is 11.6 Å². The van der Waals surface area contributed by atoms with Gasteiger partial charge in [-0.15, -0.1) is 5.10 Å². The van der Waals surface area contributed by atoms with Gasteiger partial charge in [0.25, 0.3) is 5.90 Å². The Bertz CT molecular complexity index is 678. The molecular weight excluding hydrogens is 330 g/mol. The zero-order valence-electron chi connectivity index (χ0n) is 12.2. The predicted molar refractivity (Wildman–Crippen MR) is 82.4 cm³/mol. The van der Waals surface area contributed by atoms with Crippen molar-refractivity contribution >= 4 is 23.2 Å². The van der Waals surface area contributed by atoms with Gasteiger partial charge in [-0.2, -0.15) is 8.78 Å². The SMILES string of the molecule is CC(O/C(=N\N)C(F)F)c1cc(CNc2cccc(Cl)c2)no1. The minimum absolute atomic E-state index is 0.287. The number of hydrogen-bond acceptors (Lipinski definition) is 6. The highest BCUT2D eigenvalue weighted by Crippen LogP contribution is 2.21. The molecule has 124 valence electrons. The maximum absolute atomic E-state index is 12.5. The Hall–Kier alpha value is -2.35. The second-order valence-electron chi connectivity index (χ2n) is 4.61. The Kier molecular flexibility index (Phi) is 5.75. The van der Waals surface area contributed by atoms with Crippen molar-refractivity contribution in [1.82, 2.24) is 5.16 Å². The molecule has 0 amide bonds. The van der Waals surface area contributed by atoms with E-state index in [0.717, 1.165) is 5.69 Å². The lowest BCUT2D eigenvalue weighted by Crippen LogP contribution is -2.18. The molecule has 1 heterocycles. The quantitative estimate of drug-likeness (QED) is 0.362. The summed E-state index contributed by atoms with van der Waals surface area (Å²) in [5.74, 6) is 4.28. The largest absolute Gasteiger partial charge is 0.464 e. The van der Waals surface area contributed by atoms with Crippen LogP contribution in [0.25, 0.3) is 0 Å². The first-order chi connectivity index (χ1) is 11.0. The third kappa shape index (κ3) is 4.82. The maximum atomic E-state index is 12.5. The lowest BCUT2D eigenvalue weighted by Gasteiger charge is -2.11. The molecule has 9 heteroatoms. The highest BCUT2D eigenvalue weighted by atomic mass is 35.5. The van der Waals surface area contributed by atoms with Gasteiger partial charge >= 0.3 is 6.43 Å². The minimum atomic E-state index is -2.89. The Morgan fingerprint density at radius 2 is 2.26 bits per heavy atom. The van der Waals surface area contributed by atoms with Gasteiger partial charge < -0.3 is 20.4 Å². The molecule has 23 heavy (non-hydrogen) atoms. The van der Waals surface area contributed by atoms with Gasteiger partial charge in [0, 0.05) is 16.8 Å². The number of halogens is 3. The van der Waals surface area contributed by atoms with E-state index in [1.54, 1.807) is 18.2 Å². The number of anilines is 1. The fourth-order valence-electron chi connectivity index (χ4n) is 1.77. The van der Waals surface area contributed by atoms with Crippen LogP contribution in [0.2, 0.25) is 5.02 Å². The molecule has 6 nitrogen and oxygen atoms in total. The predicted octanol–water partition coefficient (Wildman–Crippen LogP) is 3.56. The molecule has 0 spiro atoms. The summed E-state index contributed by atoms with van der Waals surface area (Å²) in [7, 11) is 0. The normalized spacial score (nSPS) is 13.2. The van der Waals surface area contributed by atoms with Gasteiger partial charge in [-0.3, -0.25) is 0 Å². The molecule has 3 N–H and O–H groups in total. The average Bonchev–Trinajstić information content (AvgIpc) is 2.99. The first-order valence-corrected chi connectivity index (χ1v) is 7.05. The topological polar surface area (TPSA) is 85.7 Å². The number of nitrogens with two attached hydrogens (primary N) is 1. The van der Waals surface area contributed by atoms with Crippen molar-refractivity contribution < 1.29 is 18.0 Å². The van der Waals surface area contributed by atoms with Crippen LogP contribution in [0.3, 0.4) is 0 Å². The maximum Gasteiger partial charge on any atom is 0.314 e. The third-order valence-corrected chi connectivity index (χ3v) is 3.12. The molecule has 1 unspecified atom stereocenters. The van der Waals surface area contributed by atoms with E-state index in [-0.39, 0.29) is 5.76 Å². The first kappa shape index (κ1) is 17.0. The molecule has 2 rings (SSSR count). The number of benzene rings is 1. The summed E-state index contributed by atoms with van der Waals surface area (Å²) in [5.41, 5.74) is 1.40. The van der Waals surface area contributed by atoms with Gasteiger partial charge in [-0.25, -0.2) is 0 Å². The van der Waals surface area contributed by atoms with Crippen molar-refractivity contribution in [2.24, 2.45) is 10.9 Å². The summed E-state index contributed by atoms with van der Waals surface area (Å²) >= 11 is 5.89. The van der Waals surface area contributed by atoms with E-state index in [2.05, 4.69) is 15.6 Å². The molecular formula is C14H15ClF2N4O2. The van der Waals surface area contributed by atoms with E-state index in [4.69, 9.17) is 26.7 Å². The number of aromatic nitrogens is 1. The molecule has 0 bridgehead atoms. The molecule has 2 aromatic rings. The molecule has 0 saturated heterocycles. The Morgan fingerprint density at radius 3 is 2.91 bits per heavy atom. The molecule has 0 aliphatic rings. The smallest absolute Gasteiger partial charge is 0.314 e. The second-order valence-corrected chi connectivity index (χ2v) is 5.05. The van der Waals surface area contributed by atoms with Gasteiger partial charge in [0.15, 0.2) is 11.9 Å². The van der Waals surface area contributed by atoms with Crippen LogP contribution in [-0.4, -0.2) is 17.5 Å². The number of rotatable bonds is 6. The first-order valence-electron chi connectivity index (χ1n) is 6.67. The van der Waals surface area contributed by atoms with Crippen molar-refractivity contribution in [3.05, 3.63) is 46.8 Å². The number of alkyl halides is 2. The van der Waals surface area contributed by atoms with Crippen LogP contribution < -0.4 is 11.2 Å². The van der Waals surface area contributed by atoms with E-state index in [9.17, 15) is 8.78 Å². The van der Waals surface area contributed by atoms with E-state index < -0.39 is 18.4 Å². The van der Waals surface area contributed by atoms with Crippen LogP contribution in [0.5, 0.6) is 0 Å². The summed E-state index contributed by atoms with van der Waals surface area (Å²) in [6, 6.07) is 8.79. The molecule has 1 aromatic carbocycles. The van der Waals surface area contributed by atoms with E-state index >= 15 is 0 Å². The lowest BCUT2D eigenvalue weighted by molar-refractivity contribution is 0.116. The van der Waals surface area contributed by atoms with Gasteiger partial charge in [0.2, 0.25) is 0 Å². The van der Waals surface area contributed by atoms with Crippen LogP contribution in [0.15, 0.2) is 40.0 Å². The lowest BCUT2D eigenvalue weighted by atomic mass is 10.2. The number of nitrogens with one attached hydrogen (secondary N) is 1. The third-order valence-electron chi connectivity index (χ3n) is 2.89. The van der Waals surface area contributed by atoms with Crippen molar-refractivity contribution in [1.29, 1.82) is 0 Å². The van der Waals surface area contributed by atoms with Crippen molar-refractivity contribution in [3.8, 4) is 0 Å². The van der Waals surface area contributed by atoms with Crippen molar-refractivity contribution in [2.75, 3.05) is 5.32 Å². The van der Waals surface area contributed by atoms with Crippen LogP contribution in [0, 0.1) is 0 Å². The van der Waals surface area contributed by atoms with Gasteiger partial charge in [0.1, 0.15) is 5.69 Å². The molecule has 1 aromatic heterocycles. The molecule has 0 radical (unpaired) electrons. The van der Waals surface area contributed by atoms with E-state index in [1.165, 1.54) is 6.92 Å². The van der Waals surface area contributed by atoms with Crippen LogP contribution in [0.4, 0.5) is 14.5 Å². The van der Waals surface area contributed by atoms with Crippen molar-refractivity contribution in [3.63, 3.8) is 0 Å². The summed E-state index contributed by atoms with van der Waals surface area (Å²) < 4.78 is 35.1. The Balaban J connectivity index is 1.95. The zero-order chi connectivity index (χ0) is 16.8. The zero-order valence-corrected chi connectivity index (χ0v) is 12.9. The van der Waals surface area contributed by atoms with Crippen LogP contribution in [0.1, 0.15) is 24.5 Å². The van der Waals surface area contributed by atoms with Crippen LogP contribution in [-0.2, 0) is 11.3 Å². The Morgan fingerprint density at radius 1 is 1.48 bits per heavy atom. The van der Waals surface area contributed by atoms with Gasteiger partial charge in [-0.05, 0) is 25.1 Å². The number of hydrogen-bond donors (Lipinski definition) is 2. The average molecular weight is 345 g/mol. The Labute approximate surface area is 136 Å². The molecule has 1 atom stereocenters. The molecule has 0 fully saturated rings. The van der Waals surface area contributed by atoms with E-state index in [0.29, 0.717) is 17.3 Å². The molecule has 0 aliphatic carbocycles. The summed E-state index contributed by atoms with van der Waals surface area (Å²) in [6.45, 7) is 1.91. The van der Waals surface area contributed by atoms with Crippen molar-refractivity contribution in [2.45, 2.75) is 26.0 Å². The fourth-order valence-corrected chi connectivity index (χ4v) is 1.96. The monoisotopic (exact) mass is 344 g/mol. The van der Waals surface area contributed by atoms with E-state index in [1.807, 2.05) is 12.1 Å². The molecule has 0 saturated carbocycles. The number of ether oxygens (including phenoxy) is 1. The number of hydrazone groups is 1. The second kappa shape index (κ2) is 7.77. The summed E-state index contributed by atoms with van der Waals surface area (Å²) in [6.07, 6.45) is -3.69. The fraction of sp³-hybridized carbons (Fsp3) is 0.286.